The minimum absolute atomic E-state index is 0.400. The molecule has 94 valence electrons. The minimum Gasteiger partial charge on any atom is -0.493 e. The van der Waals surface area contributed by atoms with Crippen LogP contribution in [0.15, 0.2) is 48.5 Å². The number of nitriles is 1. The van der Waals surface area contributed by atoms with Crippen LogP contribution in [-0.4, -0.2) is 12.9 Å². The molecule has 0 aliphatic carbocycles. The van der Waals surface area contributed by atoms with Gasteiger partial charge in [-0.3, -0.25) is 0 Å². The largest absolute Gasteiger partial charge is 0.493 e. The van der Waals surface area contributed by atoms with Crippen LogP contribution in [0.2, 0.25) is 0 Å². The fourth-order valence-electron chi connectivity index (χ4n) is 1.71. The van der Waals surface area contributed by atoms with Gasteiger partial charge in [-0.2, -0.15) is 5.26 Å². The molecule has 0 bridgehead atoms. The van der Waals surface area contributed by atoms with Gasteiger partial charge in [-0.1, -0.05) is 24.3 Å². The second-order valence-electron chi connectivity index (χ2n) is 4.02. The van der Waals surface area contributed by atoms with Gasteiger partial charge in [-0.05, 0) is 35.4 Å². The van der Waals surface area contributed by atoms with Gasteiger partial charge in [0, 0.05) is 6.42 Å². The van der Waals surface area contributed by atoms with Crippen LogP contribution < -0.4 is 4.74 Å². The summed E-state index contributed by atoms with van der Waals surface area (Å²) >= 11 is 0. The van der Waals surface area contributed by atoms with E-state index in [1.165, 1.54) is 0 Å². The van der Waals surface area contributed by atoms with E-state index in [2.05, 4.69) is 6.07 Å². The molecular formula is C16H13NO2. The lowest BCUT2D eigenvalue weighted by Crippen LogP contribution is -1.97. The first-order chi connectivity index (χ1) is 9.33. The molecule has 19 heavy (non-hydrogen) atoms. The number of hydrogen-bond acceptors (Lipinski definition) is 3. The Balaban J connectivity index is 2.08. The van der Waals surface area contributed by atoms with Gasteiger partial charge in [-0.25, -0.2) is 0 Å². The summed E-state index contributed by atoms with van der Waals surface area (Å²) in [5.41, 5.74) is 2.77. The van der Waals surface area contributed by atoms with Crippen molar-refractivity contribution in [2.24, 2.45) is 0 Å². The Kier molecular flexibility index (Phi) is 4.30. The molecule has 0 N–H and O–H groups in total. The Labute approximate surface area is 112 Å². The SMILES string of the molecule is N#Cc1ccc(-c2ccc(OCCC=O)cc2)cc1. The molecule has 0 radical (unpaired) electrons. The second-order valence-corrected chi connectivity index (χ2v) is 4.02. The number of rotatable bonds is 5. The fourth-order valence-corrected chi connectivity index (χ4v) is 1.71. The van der Waals surface area contributed by atoms with Crippen LogP contribution in [0.4, 0.5) is 0 Å². The molecule has 0 aliphatic heterocycles. The van der Waals surface area contributed by atoms with Crippen molar-refractivity contribution in [2.75, 3.05) is 6.61 Å². The van der Waals surface area contributed by atoms with Gasteiger partial charge < -0.3 is 9.53 Å². The molecule has 0 saturated carbocycles. The molecule has 3 heteroatoms. The molecule has 0 amide bonds. The number of ether oxygens (including phenoxy) is 1. The summed E-state index contributed by atoms with van der Waals surface area (Å²) in [6, 6.07) is 17.2. The standard InChI is InChI=1S/C16H13NO2/c17-12-13-2-4-14(5-3-13)15-6-8-16(9-7-15)19-11-1-10-18/h2-10H,1,11H2. The number of carbonyl (C=O) groups excluding carboxylic acids is 1. The highest BCUT2D eigenvalue weighted by molar-refractivity contribution is 5.64. The highest BCUT2D eigenvalue weighted by atomic mass is 16.5. The minimum atomic E-state index is 0.400. The lowest BCUT2D eigenvalue weighted by molar-refractivity contribution is -0.108. The third-order valence-electron chi connectivity index (χ3n) is 2.71. The topological polar surface area (TPSA) is 50.1 Å². The first kappa shape index (κ1) is 12.8. The fraction of sp³-hybridized carbons (Fsp3) is 0.125. The van der Waals surface area contributed by atoms with Crippen molar-refractivity contribution in [3.8, 4) is 22.9 Å². The van der Waals surface area contributed by atoms with Crippen molar-refractivity contribution in [1.29, 1.82) is 5.26 Å². The Bertz CT molecular complexity index is 580. The average Bonchev–Trinajstić information content (AvgIpc) is 2.48. The number of nitrogens with zero attached hydrogens (tertiary/aromatic N) is 1. The van der Waals surface area contributed by atoms with Crippen LogP contribution in [0.5, 0.6) is 5.75 Å². The van der Waals surface area contributed by atoms with Crippen molar-refractivity contribution >= 4 is 6.29 Å². The van der Waals surface area contributed by atoms with E-state index in [1.54, 1.807) is 12.1 Å². The molecule has 2 aromatic rings. The highest BCUT2D eigenvalue weighted by Crippen LogP contribution is 2.22. The summed E-state index contributed by atoms with van der Waals surface area (Å²) in [5, 5.41) is 8.75. The van der Waals surface area contributed by atoms with E-state index >= 15 is 0 Å². The van der Waals surface area contributed by atoms with Gasteiger partial charge in [0.2, 0.25) is 0 Å². The first-order valence-electron chi connectivity index (χ1n) is 6.00. The predicted molar refractivity (Wildman–Crippen MR) is 72.8 cm³/mol. The zero-order valence-corrected chi connectivity index (χ0v) is 10.4. The molecule has 0 aromatic heterocycles. The van der Waals surface area contributed by atoms with Gasteiger partial charge in [0.05, 0.1) is 18.2 Å². The molecule has 0 spiro atoms. The van der Waals surface area contributed by atoms with E-state index in [0.717, 1.165) is 23.2 Å². The average molecular weight is 251 g/mol. The molecule has 0 aliphatic rings. The van der Waals surface area contributed by atoms with Gasteiger partial charge in [0.1, 0.15) is 12.0 Å². The van der Waals surface area contributed by atoms with Crippen molar-refractivity contribution < 1.29 is 9.53 Å². The second kappa shape index (κ2) is 6.36. The molecular weight excluding hydrogens is 238 g/mol. The van der Waals surface area contributed by atoms with E-state index in [4.69, 9.17) is 10.00 Å². The summed E-state index contributed by atoms with van der Waals surface area (Å²) in [6.45, 7) is 0.402. The molecule has 0 heterocycles. The van der Waals surface area contributed by atoms with E-state index in [-0.39, 0.29) is 0 Å². The maximum Gasteiger partial charge on any atom is 0.123 e. The molecule has 3 nitrogen and oxygen atoms in total. The summed E-state index contributed by atoms with van der Waals surface area (Å²) < 4.78 is 5.40. The Hall–Kier alpha value is -2.60. The molecule has 0 saturated heterocycles. The molecule has 2 rings (SSSR count). The summed E-state index contributed by atoms with van der Waals surface area (Å²) in [5.74, 6) is 0.749. The zero-order chi connectivity index (χ0) is 13.5. The van der Waals surface area contributed by atoms with Gasteiger partial charge in [-0.15, -0.1) is 0 Å². The number of benzene rings is 2. The van der Waals surface area contributed by atoms with E-state index in [9.17, 15) is 4.79 Å². The van der Waals surface area contributed by atoms with Gasteiger partial charge in [0.25, 0.3) is 0 Å². The summed E-state index contributed by atoms with van der Waals surface area (Å²) in [4.78, 5) is 10.2. The number of hydrogen-bond donors (Lipinski definition) is 0. The third-order valence-corrected chi connectivity index (χ3v) is 2.71. The zero-order valence-electron chi connectivity index (χ0n) is 10.4. The first-order valence-corrected chi connectivity index (χ1v) is 6.00. The van der Waals surface area contributed by atoms with Gasteiger partial charge >= 0.3 is 0 Å². The van der Waals surface area contributed by atoms with Crippen LogP contribution in [0.1, 0.15) is 12.0 Å². The van der Waals surface area contributed by atoms with Gasteiger partial charge in [0.15, 0.2) is 0 Å². The van der Waals surface area contributed by atoms with Crippen molar-refractivity contribution in [3.05, 3.63) is 54.1 Å². The Morgan fingerprint density at radius 2 is 1.58 bits per heavy atom. The van der Waals surface area contributed by atoms with E-state index < -0.39 is 0 Å². The van der Waals surface area contributed by atoms with Crippen molar-refractivity contribution in [2.45, 2.75) is 6.42 Å². The predicted octanol–water partition coefficient (Wildman–Crippen LogP) is 3.19. The van der Waals surface area contributed by atoms with Crippen LogP contribution in [-0.2, 0) is 4.79 Å². The quantitative estimate of drug-likeness (QED) is 0.605. The van der Waals surface area contributed by atoms with Crippen LogP contribution in [0.3, 0.4) is 0 Å². The normalized spacial score (nSPS) is 9.63. The number of carbonyl (C=O) groups is 1. The highest BCUT2D eigenvalue weighted by Gasteiger charge is 1.99. The van der Waals surface area contributed by atoms with Crippen LogP contribution in [0, 0.1) is 11.3 Å². The third kappa shape index (κ3) is 3.43. The lowest BCUT2D eigenvalue weighted by Gasteiger charge is -2.06. The number of aldehydes is 1. The molecule has 0 fully saturated rings. The van der Waals surface area contributed by atoms with Crippen LogP contribution >= 0.6 is 0 Å². The summed E-state index contributed by atoms with van der Waals surface area (Å²) in [7, 11) is 0. The Morgan fingerprint density at radius 3 is 2.11 bits per heavy atom. The molecule has 0 atom stereocenters. The monoisotopic (exact) mass is 251 g/mol. The molecule has 2 aromatic carbocycles. The Morgan fingerprint density at radius 1 is 1.00 bits per heavy atom. The van der Waals surface area contributed by atoms with E-state index in [0.29, 0.717) is 18.6 Å². The van der Waals surface area contributed by atoms with Crippen LogP contribution in [0.25, 0.3) is 11.1 Å². The smallest absolute Gasteiger partial charge is 0.123 e. The van der Waals surface area contributed by atoms with Crippen molar-refractivity contribution in [1.82, 2.24) is 0 Å². The van der Waals surface area contributed by atoms with E-state index in [1.807, 2.05) is 36.4 Å². The lowest BCUT2D eigenvalue weighted by atomic mass is 10.0. The molecule has 0 unspecified atom stereocenters. The summed E-state index contributed by atoms with van der Waals surface area (Å²) in [6.07, 6.45) is 1.24. The van der Waals surface area contributed by atoms with Crippen molar-refractivity contribution in [3.63, 3.8) is 0 Å². The maximum atomic E-state index is 10.2. The maximum absolute atomic E-state index is 10.2.